The van der Waals surface area contributed by atoms with Crippen LogP contribution < -0.4 is 0 Å². The largest absolute Gasteiger partial charge is 0.272 e. The molecule has 1 aliphatic carbocycles. The molecule has 1 fully saturated rings. The van der Waals surface area contributed by atoms with Crippen molar-refractivity contribution >= 4 is 21.6 Å². The van der Waals surface area contributed by atoms with Gasteiger partial charge in [0.05, 0.1) is 4.92 Å². The minimum absolute atomic E-state index is 0.262. The number of nitro benzene ring substituents is 1. The summed E-state index contributed by atoms with van der Waals surface area (Å²) in [5.74, 6) is 1.50. The van der Waals surface area contributed by atoms with Crippen LogP contribution in [0.15, 0.2) is 24.3 Å². The SMILES string of the molecule is CCCC1CCC(Br)C(CCc2ccccc2[N+](=O)[O-])C1. The summed E-state index contributed by atoms with van der Waals surface area (Å²) < 4.78 is 0. The molecule has 0 bridgehead atoms. The number of nitrogens with zero attached hydrogens (tertiary/aromatic N) is 1. The van der Waals surface area contributed by atoms with Crippen LogP contribution in [0.1, 0.15) is 51.0 Å². The number of hydrogen-bond acceptors (Lipinski definition) is 2. The fourth-order valence-electron chi connectivity index (χ4n) is 3.53. The maximum atomic E-state index is 11.1. The maximum Gasteiger partial charge on any atom is 0.272 e. The molecule has 3 nitrogen and oxygen atoms in total. The minimum atomic E-state index is -0.262. The molecular weight excluding hydrogens is 330 g/mol. The van der Waals surface area contributed by atoms with Gasteiger partial charge < -0.3 is 0 Å². The molecule has 1 aromatic carbocycles. The Balaban J connectivity index is 1.97. The van der Waals surface area contributed by atoms with Gasteiger partial charge in [0.25, 0.3) is 5.69 Å². The summed E-state index contributed by atoms with van der Waals surface area (Å²) in [5.41, 5.74) is 1.14. The molecule has 116 valence electrons. The van der Waals surface area contributed by atoms with E-state index in [1.165, 1.54) is 32.1 Å². The van der Waals surface area contributed by atoms with Crippen LogP contribution in [0.3, 0.4) is 0 Å². The molecule has 0 spiro atoms. The molecule has 1 saturated carbocycles. The van der Waals surface area contributed by atoms with Crippen molar-refractivity contribution in [1.29, 1.82) is 0 Å². The fraction of sp³-hybridized carbons (Fsp3) is 0.647. The van der Waals surface area contributed by atoms with E-state index in [0.29, 0.717) is 10.7 Å². The normalized spacial score (nSPS) is 25.7. The van der Waals surface area contributed by atoms with Gasteiger partial charge in [-0.15, -0.1) is 0 Å². The lowest BCUT2D eigenvalue weighted by atomic mass is 9.77. The van der Waals surface area contributed by atoms with E-state index >= 15 is 0 Å². The van der Waals surface area contributed by atoms with Gasteiger partial charge in [-0.2, -0.15) is 0 Å². The Bertz CT molecular complexity index is 478. The molecule has 0 N–H and O–H groups in total. The van der Waals surface area contributed by atoms with Crippen LogP contribution in [0.5, 0.6) is 0 Å². The lowest BCUT2D eigenvalue weighted by Crippen LogP contribution is -2.25. The Labute approximate surface area is 135 Å². The molecule has 0 aliphatic heterocycles. The van der Waals surface area contributed by atoms with Crippen LogP contribution in [0.2, 0.25) is 0 Å². The van der Waals surface area contributed by atoms with E-state index in [9.17, 15) is 10.1 Å². The number of halogens is 1. The van der Waals surface area contributed by atoms with Crippen molar-refractivity contribution < 1.29 is 4.92 Å². The zero-order chi connectivity index (χ0) is 15.2. The van der Waals surface area contributed by atoms with E-state index in [-0.39, 0.29) is 10.6 Å². The predicted molar refractivity (Wildman–Crippen MR) is 89.9 cm³/mol. The number of para-hydroxylation sites is 1. The van der Waals surface area contributed by atoms with Crippen LogP contribution in [0, 0.1) is 22.0 Å². The van der Waals surface area contributed by atoms with Crippen molar-refractivity contribution in [3.05, 3.63) is 39.9 Å². The van der Waals surface area contributed by atoms with Crippen molar-refractivity contribution in [3.8, 4) is 0 Å². The molecule has 21 heavy (non-hydrogen) atoms. The Morgan fingerprint density at radius 1 is 1.29 bits per heavy atom. The first-order chi connectivity index (χ1) is 10.1. The second-order valence-corrected chi connectivity index (χ2v) is 7.34. The highest BCUT2D eigenvalue weighted by Gasteiger charge is 2.28. The highest BCUT2D eigenvalue weighted by Crippen LogP contribution is 2.38. The highest BCUT2D eigenvalue weighted by atomic mass is 79.9. The van der Waals surface area contributed by atoms with E-state index in [1.54, 1.807) is 12.1 Å². The van der Waals surface area contributed by atoms with Gasteiger partial charge in [-0.05, 0) is 43.9 Å². The molecule has 1 aromatic rings. The molecule has 3 atom stereocenters. The molecule has 2 rings (SSSR count). The smallest absolute Gasteiger partial charge is 0.258 e. The van der Waals surface area contributed by atoms with Crippen LogP contribution >= 0.6 is 15.9 Å². The van der Waals surface area contributed by atoms with Gasteiger partial charge in [-0.3, -0.25) is 10.1 Å². The van der Waals surface area contributed by atoms with Crippen molar-refractivity contribution in [2.24, 2.45) is 11.8 Å². The van der Waals surface area contributed by atoms with Crippen molar-refractivity contribution in [3.63, 3.8) is 0 Å². The van der Waals surface area contributed by atoms with Crippen LogP contribution in [-0.2, 0) is 6.42 Å². The standard InChI is InChI=1S/C17H24BrNO2/c1-2-5-13-8-11-16(18)15(12-13)10-9-14-6-3-4-7-17(14)19(20)21/h3-4,6-7,13,15-16H,2,5,8-12H2,1H3. The van der Waals surface area contributed by atoms with E-state index in [0.717, 1.165) is 24.3 Å². The van der Waals surface area contributed by atoms with Crippen LogP contribution in [-0.4, -0.2) is 9.75 Å². The lowest BCUT2D eigenvalue weighted by molar-refractivity contribution is -0.385. The molecular formula is C17H24BrNO2. The zero-order valence-electron chi connectivity index (χ0n) is 12.6. The summed E-state index contributed by atoms with van der Waals surface area (Å²) in [5, 5.41) is 11.1. The van der Waals surface area contributed by atoms with E-state index in [1.807, 2.05) is 12.1 Å². The Hall–Kier alpha value is -0.900. The Morgan fingerprint density at radius 2 is 2.05 bits per heavy atom. The number of nitro groups is 1. The third-order valence-electron chi connectivity index (χ3n) is 4.67. The molecule has 0 heterocycles. The van der Waals surface area contributed by atoms with Gasteiger partial charge in [-0.1, -0.05) is 53.9 Å². The van der Waals surface area contributed by atoms with Crippen molar-refractivity contribution in [1.82, 2.24) is 0 Å². The number of benzene rings is 1. The molecule has 1 aliphatic rings. The average molecular weight is 354 g/mol. The Morgan fingerprint density at radius 3 is 2.76 bits per heavy atom. The second-order valence-electron chi connectivity index (χ2n) is 6.17. The Kier molecular flexibility index (Phi) is 6.22. The van der Waals surface area contributed by atoms with Gasteiger partial charge in [0.15, 0.2) is 0 Å². The van der Waals surface area contributed by atoms with Gasteiger partial charge >= 0.3 is 0 Å². The van der Waals surface area contributed by atoms with Gasteiger partial charge in [0.1, 0.15) is 0 Å². The fourth-order valence-corrected chi connectivity index (χ4v) is 4.28. The summed E-state index contributed by atoms with van der Waals surface area (Å²) in [7, 11) is 0. The van der Waals surface area contributed by atoms with E-state index < -0.39 is 0 Å². The van der Waals surface area contributed by atoms with E-state index in [2.05, 4.69) is 22.9 Å². The minimum Gasteiger partial charge on any atom is -0.258 e. The van der Waals surface area contributed by atoms with Gasteiger partial charge in [-0.25, -0.2) is 0 Å². The van der Waals surface area contributed by atoms with Crippen LogP contribution in [0.4, 0.5) is 5.69 Å². The van der Waals surface area contributed by atoms with Gasteiger partial charge in [0, 0.05) is 16.5 Å². The number of rotatable bonds is 6. The topological polar surface area (TPSA) is 43.1 Å². The van der Waals surface area contributed by atoms with E-state index in [4.69, 9.17) is 0 Å². The summed E-state index contributed by atoms with van der Waals surface area (Å²) >= 11 is 3.82. The number of alkyl halides is 1. The maximum absolute atomic E-state index is 11.1. The summed E-state index contributed by atoms with van der Waals surface area (Å²) in [6.07, 6.45) is 8.27. The summed E-state index contributed by atoms with van der Waals surface area (Å²) in [6.45, 7) is 2.25. The third-order valence-corrected chi connectivity index (χ3v) is 5.87. The first-order valence-corrected chi connectivity index (χ1v) is 8.89. The molecule has 0 radical (unpaired) electrons. The molecule has 0 aromatic heterocycles. The quantitative estimate of drug-likeness (QED) is 0.384. The van der Waals surface area contributed by atoms with Gasteiger partial charge in [0.2, 0.25) is 0 Å². The summed E-state index contributed by atoms with van der Waals surface area (Å²) in [6, 6.07) is 7.15. The molecule has 4 heteroatoms. The van der Waals surface area contributed by atoms with Crippen molar-refractivity contribution in [2.45, 2.75) is 56.7 Å². The lowest BCUT2D eigenvalue weighted by Gasteiger charge is -2.33. The predicted octanol–water partition coefficient (Wildman–Crippen LogP) is 5.51. The third kappa shape index (κ3) is 4.53. The monoisotopic (exact) mass is 353 g/mol. The molecule has 0 amide bonds. The van der Waals surface area contributed by atoms with Crippen molar-refractivity contribution in [2.75, 3.05) is 0 Å². The highest BCUT2D eigenvalue weighted by molar-refractivity contribution is 9.09. The van der Waals surface area contributed by atoms with Crippen LogP contribution in [0.25, 0.3) is 0 Å². The zero-order valence-corrected chi connectivity index (χ0v) is 14.2. The molecule has 0 saturated heterocycles. The summed E-state index contributed by atoms with van der Waals surface area (Å²) in [4.78, 5) is 11.4. The second kappa shape index (κ2) is 7.92. The first-order valence-electron chi connectivity index (χ1n) is 7.98. The molecule has 3 unspecified atom stereocenters. The first kappa shape index (κ1) is 16.5. The number of hydrogen-bond donors (Lipinski definition) is 0. The number of aryl methyl sites for hydroxylation is 1. The average Bonchev–Trinajstić information content (AvgIpc) is 2.48.